The number of benzene rings is 2. The van der Waals surface area contributed by atoms with E-state index >= 15 is 0 Å². The van der Waals surface area contributed by atoms with Crippen LogP contribution in [0.15, 0.2) is 67.1 Å². The highest BCUT2D eigenvalue weighted by atomic mass is 15.2. The Balaban J connectivity index is 1.37. The van der Waals surface area contributed by atoms with Gasteiger partial charge in [0.2, 0.25) is 5.95 Å². The number of fused-ring (bicyclic) bond motifs is 2. The zero-order chi connectivity index (χ0) is 18.9. The normalized spacial score (nSPS) is 11.1. The van der Waals surface area contributed by atoms with E-state index in [1.807, 2.05) is 36.7 Å². The fourth-order valence-corrected chi connectivity index (χ4v) is 3.31. The van der Waals surface area contributed by atoms with Crippen LogP contribution in [0.4, 0.5) is 23.1 Å². The standard InChI is InChI=1S/C21H19N7/c22-16-12-26-21(27-19-3-1-2-18-15(19)7-9-24-18)28-20(16)25-11-13-4-5-17-14(10-13)6-8-23-17/h1-10,12,23-24H,11,22H2,(H2,25,26,27,28). The number of rotatable bonds is 5. The minimum atomic E-state index is 0.492. The van der Waals surface area contributed by atoms with E-state index in [1.54, 1.807) is 6.20 Å². The first kappa shape index (κ1) is 16.2. The zero-order valence-electron chi connectivity index (χ0n) is 15.0. The second-order valence-corrected chi connectivity index (χ2v) is 6.62. The second kappa shape index (κ2) is 6.62. The first-order valence-electron chi connectivity index (χ1n) is 9.02. The van der Waals surface area contributed by atoms with Gasteiger partial charge in [0.15, 0.2) is 5.82 Å². The molecule has 0 atom stereocenters. The van der Waals surface area contributed by atoms with Gasteiger partial charge in [-0.1, -0.05) is 12.1 Å². The van der Waals surface area contributed by atoms with Crippen molar-refractivity contribution in [3.8, 4) is 0 Å². The van der Waals surface area contributed by atoms with Gasteiger partial charge in [-0.15, -0.1) is 0 Å². The minimum Gasteiger partial charge on any atom is -0.394 e. The molecule has 2 aromatic carbocycles. The monoisotopic (exact) mass is 369 g/mol. The van der Waals surface area contributed by atoms with Crippen LogP contribution in [0.5, 0.6) is 0 Å². The zero-order valence-corrected chi connectivity index (χ0v) is 15.0. The van der Waals surface area contributed by atoms with E-state index in [0.29, 0.717) is 24.0 Å². The SMILES string of the molecule is Nc1cnc(Nc2cccc3[nH]ccc23)nc1NCc1ccc2[nH]ccc2c1. The summed E-state index contributed by atoms with van der Waals surface area (Å²) in [6.07, 6.45) is 5.46. The molecule has 0 amide bonds. The molecule has 138 valence electrons. The predicted molar refractivity (Wildman–Crippen MR) is 114 cm³/mol. The van der Waals surface area contributed by atoms with Crippen LogP contribution in [0.2, 0.25) is 0 Å². The number of nitrogens with zero attached hydrogens (tertiary/aromatic N) is 2. The van der Waals surface area contributed by atoms with Gasteiger partial charge in [-0.2, -0.15) is 4.98 Å². The number of aromatic nitrogens is 4. The number of aromatic amines is 2. The topological polar surface area (TPSA) is 107 Å². The van der Waals surface area contributed by atoms with Crippen LogP contribution >= 0.6 is 0 Å². The fraction of sp³-hybridized carbons (Fsp3) is 0.0476. The van der Waals surface area contributed by atoms with E-state index in [1.165, 1.54) is 5.39 Å². The lowest BCUT2D eigenvalue weighted by molar-refractivity contribution is 1.09. The molecule has 3 heterocycles. The third kappa shape index (κ3) is 2.99. The van der Waals surface area contributed by atoms with Crippen LogP contribution in [-0.2, 0) is 6.54 Å². The van der Waals surface area contributed by atoms with Gasteiger partial charge in [-0.25, -0.2) is 4.98 Å². The largest absolute Gasteiger partial charge is 0.394 e. The van der Waals surface area contributed by atoms with Gasteiger partial charge in [0.05, 0.1) is 17.6 Å². The van der Waals surface area contributed by atoms with Crippen LogP contribution in [0.1, 0.15) is 5.56 Å². The molecule has 0 fully saturated rings. The smallest absolute Gasteiger partial charge is 0.229 e. The Kier molecular flexibility index (Phi) is 3.83. The quantitative estimate of drug-likeness (QED) is 0.316. The molecular formula is C21H19N7. The van der Waals surface area contributed by atoms with Gasteiger partial charge in [-0.3, -0.25) is 0 Å². The molecule has 7 nitrogen and oxygen atoms in total. The third-order valence-electron chi connectivity index (χ3n) is 4.74. The molecule has 7 heteroatoms. The van der Waals surface area contributed by atoms with Gasteiger partial charge in [0, 0.05) is 35.4 Å². The molecule has 0 saturated carbocycles. The summed E-state index contributed by atoms with van der Waals surface area (Å²) in [6, 6.07) is 16.4. The van der Waals surface area contributed by atoms with Crippen LogP contribution in [-0.4, -0.2) is 19.9 Å². The maximum absolute atomic E-state index is 6.07. The Labute approximate surface area is 161 Å². The van der Waals surface area contributed by atoms with Crippen LogP contribution < -0.4 is 16.4 Å². The molecule has 6 N–H and O–H groups in total. The maximum atomic E-state index is 6.07. The van der Waals surface area contributed by atoms with Crippen molar-refractivity contribution in [3.63, 3.8) is 0 Å². The number of hydrogen-bond donors (Lipinski definition) is 5. The molecule has 28 heavy (non-hydrogen) atoms. The third-order valence-corrected chi connectivity index (χ3v) is 4.74. The van der Waals surface area contributed by atoms with Crippen molar-refractivity contribution < 1.29 is 0 Å². The second-order valence-electron chi connectivity index (χ2n) is 6.62. The minimum absolute atomic E-state index is 0.492. The molecule has 0 unspecified atom stereocenters. The van der Waals surface area contributed by atoms with E-state index in [9.17, 15) is 0 Å². The summed E-state index contributed by atoms with van der Waals surface area (Å²) in [6.45, 7) is 0.620. The van der Waals surface area contributed by atoms with E-state index in [2.05, 4.69) is 54.8 Å². The number of anilines is 4. The molecule has 0 bridgehead atoms. The Bertz CT molecular complexity index is 1270. The summed E-state index contributed by atoms with van der Waals surface area (Å²) in [5.74, 6) is 1.10. The number of hydrogen-bond acceptors (Lipinski definition) is 5. The predicted octanol–water partition coefficient (Wildman–Crippen LogP) is 4.38. The Hall–Kier alpha value is -4.00. The lowest BCUT2D eigenvalue weighted by Crippen LogP contribution is -2.07. The van der Waals surface area contributed by atoms with Crippen molar-refractivity contribution in [1.29, 1.82) is 0 Å². The van der Waals surface area contributed by atoms with Gasteiger partial charge in [0.25, 0.3) is 0 Å². The summed E-state index contributed by atoms with van der Waals surface area (Å²) in [7, 11) is 0. The lowest BCUT2D eigenvalue weighted by atomic mass is 10.1. The molecule has 5 rings (SSSR count). The maximum Gasteiger partial charge on any atom is 0.229 e. The summed E-state index contributed by atoms with van der Waals surface area (Å²) in [5.41, 5.74) is 10.8. The van der Waals surface area contributed by atoms with Crippen LogP contribution in [0.25, 0.3) is 21.8 Å². The van der Waals surface area contributed by atoms with Crippen molar-refractivity contribution in [3.05, 3.63) is 72.7 Å². The molecule has 0 saturated heterocycles. The summed E-state index contributed by atoms with van der Waals surface area (Å²) in [5, 5.41) is 8.85. The Morgan fingerprint density at radius 2 is 1.86 bits per heavy atom. The summed E-state index contributed by atoms with van der Waals surface area (Å²) < 4.78 is 0. The first-order valence-corrected chi connectivity index (χ1v) is 9.02. The first-order chi connectivity index (χ1) is 13.8. The molecule has 5 aromatic rings. The number of nitrogens with one attached hydrogen (secondary N) is 4. The van der Waals surface area contributed by atoms with Gasteiger partial charge < -0.3 is 26.3 Å². The molecule has 0 aliphatic heterocycles. The van der Waals surface area contributed by atoms with Gasteiger partial charge in [-0.05, 0) is 47.3 Å². The van der Waals surface area contributed by atoms with Crippen molar-refractivity contribution in [2.45, 2.75) is 6.54 Å². The van der Waals surface area contributed by atoms with E-state index in [4.69, 9.17) is 5.73 Å². The van der Waals surface area contributed by atoms with Crippen LogP contribution in [0, 0.1) is 0 Å². The highest BCUT2D eigenvalue weighted by Gasteiger charge is 2.08. The van der Waals surface area contributed by atoms with E-state index in [0.717, 1.165) is 27.7 Å². The summed E-state index contributed by atoms with van der Waals surface area (Å²) >= 11 is 0. The van der Waals surface area contributed by atoms with Crippen LogP contribution in [0.3, 0.4) is 0 Å². The Morgan fingerprint density at radius 1 is 0.964 bits per heavy atom. The highest BCUT2D eigenvalue weighted by molar-refractivity contribution is 5.93. The van der Waals surface area contributed by atoms with Crippen molar-refractivity contribution in [2.75, 3.05) is 16.4 Å². The summed E-state index contributed by atoms with van der Waals surface area (Å²) in [4.78, 5) is 15.3. The highest BCUT2D eigenvalue weighted by Crippen LogP contribution is 2.26. The van der Waals surface area contributed by atoms with Crippen molar-refractivity contribution >= 4 is 44.9 Å². The molecule has 0 radical (unpaired) electrons. The van der Waals surface area contributed by atoms with E-state index in [-0.39, 0.29) is 0 Å². The number of nitrogens with two attached hydrogens (primary N) is 1. The molecule has 0 spiro atoms. The van der Waals surface area contributed by atoms with E-state index < -0.39 is 0 Å². The molecule has 0 aliphatic rings. The fourth-order valence-electron chi connectivity index (χ4n) is 3.31. The van der Waals surface area contributed by atoms with Gasteiger partial charge in [0.1, 0.15) is 0 Å². The number of H-pyrrole nitrogens is 2. The van der Waals surface area contributed by atoms with Crippen molar-refractivity contribution in [2.24, 2.45) is 0 Å². The molecule has 3 aromatic heterocycles. The Morgan fingerprint density at radius 3 is 2.82 bits per heavy atom. The number of nitrogen functional groups attached to an aromatic ring is 1. The average molecular weight is 369 g/mol. The van der Waals surface area contributed by atoms with Gasteiger partial charge >= 0.3 is 0 Å². The van der Waals surface area contributed by atoms with Crippen molar-refractivity contribution in [1.82, 2.24) is 19.9 Å². The average Bonchev–Trinajstić information content (AvgIpc) is 3.37. The lowest BCUT2D eigenvalue weighted by Gasteiger charge is -2.11. The molecule has 0 aliphatic carbocycles. The molecular weight excluding hydrogens is 350 g/mol.